The van der Waals surface area contributed by atoms with Crippen LogP contribution < -0.4 is 25.1 Å². The fourth-order valence-corrected chi connectivity index (χ4v) is 3.96. The van der Waals surface area contributed by atoms with Gasteiger partial charge in [-0.15, -0.1) is 0 Å². The molecule has 2 aromatic carbocycles. The number of aromatic amines is 1. The molecule has 3 aromatic rings. The summed E-state index contributed by atoms with van der Waals surface area (Å²) < 4.78 is 16.8. The molecular weight excluding hydrogens is 452 g/mol. The van der Waals surface area contributed by atoms with Gasteiger partial charge in [-0.1, -0.05) is 0 Å². The molecule has 0 saturated heterocycles. The molecule has 1 aliphatic heterocycles. The summed E-state index contributed by atoms with van der Waals surface area (Å²) in [6.07, 6.45) is 0. The Morgan fingerprint density at radius 2 is 1.79 bits per heavy atom. The number of fused-ring (bicyclic) bond motifs is 2. The minimum atomic E-state index is -0.150. The number of hydrogen-bond acceptors (Lipinski definition) is 6. The second-order valence-electron chi connectivity index (χ2n) is 8.32. The maximum absolute atomic E-state index is 12.9. The van der Waals surface area contributed by atoms with E-state index in [0.717, 1.165) is 23.4 Å². The fraction of sp³-hybridized carbons (Fsp3) is 0.360. The maximum Gasteiger partial charge on any atom is 0.253 e. The van der Waals surface area contributed by atoms with Crippen molar-refractivity contribution in [3.8, 4) is 17.2 Å². The number of nitrogens with one attached hydrogen (secondary N) is 2. The number of hydrogen-bond donors (Lipinski definition) is 2. The summed E-state index contributed by atoms with van der Waals surface area (Å²) in [6.45, 7) is 5.40. The van der Waals surface area contributed by atoms with Crippen molar-refractivity contribution in [2.75, 3.05) is 52.3 Å². The minimum Gasteiger partial charge on any atom is -0.494 e. The second kappa shape index (κ2) is 10.8. The van der Waals surface area contributed by atoms with Crippen LogP contribution in [-0.2, 0) is 6.54 Å². The first-order chi connectivity index (χ1) is 16.4. The monoisotopic (exact) mass is 482 g/mol. The molecule has 0 atom stereocenters. The fourth-order valence-electron chi connectivity index (χ4n) is 3.69. The molecule has 0 aliphatic carbocycles. The van der Waals surface area contributed by atoms with Gasteiger partial charge in [0.15, 0.2) is 16.6 Å². The third-order valence-corrected chi connectivity index (χ3v) is 5.83. The predicted octanol–water partition coefficient (Wildman–Crippen LogP) is 3.46. The summed E-state index contributed by atoms with van der Waals surface area (Å²) in [5.41, 5.74) is 2.05. The number of nitrogens with zero attached hydrogens (tertiary/aromatic N) is 2. The number of anilines is 1. The number of ether oxygens (including phenoxy) is 3. The molecule has 0 bridgehead atoms. The molecule has 180 valence electrons. The van der Waals surface area contributed by atoms with E-state index in [4.69, 9.17) is 26.4 Å². The Balaban J connectivity index is 1.56. The molecule has 9 heteroatoms. The standard InChI is InChI=1S/C25H30N4O4S/c1-4-31-20-7-5-19(6-8-20)26-25(34)29(10-9-28(2)3)16-18-13-17-14-22-23(33-12-11-32-22)15-21(17)27-24(18)30/h5-8,13-15H,4,9-12,16H2,1-3H3,(H,26,34)(H,27,30). The van der Waals surface area contributed by atoms with E-state index in [2.05, 4.69) is 15.2 Å². The summed E-state index contributed by atoms with van der Waals surface area (Å²) in [5.74, 6) is 2.15. The maximum atomic E-state index is 12.9. The molecule has 2 heterocycles. The smallest absolute Gasteiger partial charge is 0.253 e. The van der Waals surface area contributed by atoms with E-state index in [1.54, 1.807) is 0 Å². The van der Waals surface area contributed by atoms with Gasteiger partial charge >= 0.3 is 0 Å². The second-order valence-corrected chi connectivity index (χ2v) is 8.71. The highest BCUT2D eigenvalue weighted by atomic mass is 32.1. The number of aromatic nitrogens is 1. The average molecular weight is 483 g/mol. The highest BCUT2D eigenvalue weighted by molar-refractivity contribution is 7.80. The van der Waals surface area contributed by atoms with Gasteiger partial charge in [0.1, 0.15) is 19.0 Å². The number of benzene rings is 2. The first-order valence-corrected chi connectivity index (χ1v) is 11.7. The lowest BCUT2D eigenvalue weighted by Crippen LogP contribution is -2.40. The Bertz CT molecular complexity index is 1210. The van der Waals surface area contributed by atoms with Gasteiger partial charge in [0.2, 0.25) is 0 Å². The Morgan fingerprint density at radius 1 is 1.09 bits per heavy atom. The van der Waals surface area contributed by atoms with E-state index in [-0.39, 0.29) is 5.56 Å². The number of rotatable bonds is 8. The Labute approximate surface area is 204 Å². The zero-order valence-electron chi connectivity index (χ0n) is 19.7. The normalized spacial score (nSPS) is 12.6. The zero-order valence-corrected chi connectivity index (χ0v) is 20.5. The van der Waals surface area contributed by atoms with Crippen LogP contribution in [0.1, 0.15) is 12.5 Å². The van der Waals surface area contributed by atoms with Crippen molar-refractivity contribution < 1.29 is 14.2 Å². The minimum absolute atomic E-state index is 0.150. The number of pyridine rings is 1. The van der Waals surface area contributed by atoms with Gasteiger partial charge in [-0.05, 0) is 69.6 Å². The molecule has 0 unspecified atom stereocenters. The van der Waals surface area contributed by atoms with E-state index in [1.165, 1.54) is 0 Å². The Kier molecular flexibility index (Phi) is 7.54. The molecule has 8 nitrogen and oxygen atoms in total. The van der Waals surface area contributed by atoms with Gasteiger partial charge < -0.3 is 34.3 Å². The van der Waals surface area contributed by atoms with Crippen molar-refractivity contribution in [3.63, 3.8) is 0 Å². The highest BCUT2D eigenvalue weighted by Crippen LogP contribution is 2.33. The Hall–Kier alpha value is -3.30. The average Bonchev–Trinajstić information content (AvgIpc) is 2.82. The van der Waals surface area contributed by atoms with Gasteiger partial charge in [0, 0.05) is 35.8 Å². The topological polar surface area (TPSA) is 79.1 Å². The van der Waals surface area contributed by atoms with Gasteiger partial charge in [0.05, 0.1) is 18.7 Å². The molecule has 2 N–H and O–H groups in total. The van der Waals surface area contributed by atoms with E-state index >= 15 is 0 Å². The van der Waals surface area contributed by atoms with Crippen LogP contribution in [0, 0.1) is 0 Å². The summed E-state index contributed by atoms with van der Waals surface area (Å²) in [4.78, 5) is 20.0. The quantitative estimate of drug-likeness (QED) is 0.473. The van der Waals surface area contributed by atoms with Gasteiger partial charge in [-0.3, -0.25) is 4.79 Å². The van der Waals surface area contributed by atoms with Crippen LogP contribution in [0.15, 0.2) is 47.3 Å². The number of H-pyrrole nitrogens is 1. The molecule has 0 spiro atoms. The number of likely N-dealkylation sites (N-methyl/N-ethyl adjacent to an activating group) is 1. The van der Waals surface area contributed by atoms with Crippen molar-refractivity contribution in [1.29, 1.82) is 0 Å². The van der Waals surface area contributed by atoms with Gasteiger partial charge in [-0.25, -0.2) is 0 Å². The van der Waals surface area contributed by atoms with Crippen LogP contribution in [0.5, 0.6) is 17.2 Å². The molecule has 1 aromatic heterocycles. The van der Waals surface area contributed by atoms with Gasteiger partial charge in [0.25, 0.3) is 5.56 Å². The van der Waals surface area contributed by atoms with Gasteiger partial charge in [-0.2, -0.15) is 0 Å². The van der Waals surface area contributed by atoms with E-state index < -0.39 is 0 Å². The lowest BCUT2D eigenvalue weighted by atomic mass is 10.1. The van der Waals surface area contributed by atoms with Crippen LogP contribution in [0.25, 0.3) is 10.9 Å². The van der Waals surface area contributed by atoms with Crippen molar-refractivity contribution in [3.05, 3.63) is 58.4 Å². The SMILES string of the molecule is CCOc1ccc(NC(=S)N(CCN(C)C)Cc2cc3cc4c(cc3[nH]c2=O)OCCO4)cc1. The first kappa shape index (κ1) is 23.8. The van der Waals surface area contributed by atoms with E-state index in [1.807, 2.05) is 68.4 Å². The molecule has 0 fully saturated rings. The van der Waals surface area contributed by atoms with Crippen molar-refractivity contribution in [2.24, 2.45) is 0 Å². The summed E-state index contributed by atoms with van der Waals surface area (Å²) >= 11 is 5.73. The lowest BCUT2D eigenvalue weighted by Gasteiger charge is -2.27. The van der Waals surface area contributed by atoms with Crippen molar-refractivity contribution in [1.82, 2.24) is 14.8 Å². The lowest BCUT2D eigenvalue weighted by molar-refractivity contribution is 0.172. The van der Waals surface area contributed by atoms with Crippen LogP contribution >= 0.6 is 12.2 Å². The van der Waals surface area contributed by atoms with E-state index in [0.29, 0.717) is 60.6 Å². The van der Waals surface area contributed by atoms with Crippen molar-refractivity contribution in [2.45, 2.75) is 13.5 Å². The van der Waals surface area contributed by atoms with Crippen LogP contribution in [-0.4, -0.2) is 66.9 Å². The van der Waals surface area contributed by atoms with Crippen LogP contribution in [0.4, 0.5) is 5.69 Å². The van der Waals surface area contributed by atoms with E-state index in [9.17, 15) is 4.79 Å². The highest BCUT2D eigenvalue weighted by Gasteiger charge is 2.17. The molecule has 4 rings (SSSR count). The molecule has 0 radical (unpaired) electrons. The third kappa shape index (κ3) is 5.78. The molecule has 34 heavy (non-hydrogen) atoms. The third-order valence-electron chi connectivity index (χ3n) is 5.47. The molecule has 1 aliphatic rings. The summed E-state index contributed by atoms with van der Waals surface area (Å²) in [7, 11) is 4.02. The van der Waals surface area contributed by atoms with Crippen molar-refractivity contribution >= 4 is 33.9 Å². The molecule has 0 saturated carbocycles. The molecule has 0 amide bonds. The van der Waals surface area contributed by atoms with Crippen LogP contribution in [0.2, 0.25) is 0 Å². The first-order valence-electron chi connectivity index (χ1n) is 11.3. The van der Waals surface area contributed by atoms with Crippen LogP contribution in [0.3, 0.4) is 0 Å². The molecular formula is C25H30N4O4S. The zero-order chi connectivity index (χ0) is 24.1. The summed E-state index contributed by atoms with van der Waals surface area (Å²) in [6, 6.07) is 13.3. The Morgan fingerprint density at radius 3 is 2.47 bits per heavy atom. The largest absolute Gasteiger partial charge is 0.494 e. The predicted molar refractivity (Wildman–Crippen MR) is 138 cm³/mol. The summed E-state index contributed by atoms with van der Waals surface area (Å²) in [5, 5.41) is 4.72. The number of thiocarbonyl (C=S) groups is 1.